The van der Waals surface area contributed by atoms with Crippen LogP contribution in [0.2, 0.25) is 0 Å². The first kappa shape index (κ1) is 14.9. The number of hydrogen-bond acceptors (Lipinski definition) is 3. The Balaban J connectivity index is 2.27. The second kappa shape index (κ2) is 5.47. The molecule has 1 N–H and O–H groups in total. The van der Waals surface area contributed by atoms with Crippen LogP contribution in [0.25, 0.3) is 0 Å². The van der Waals surface area contributed by atoms with Gasteiger partial charge in [-0.2, -0.15) is 18.3 Å². The Labute approximate surface area is 118 Å². The Morgan fingerprint density at radius 2 is 2.00 bits per heavy atom. The van der Waals surface area contributed by atoms with Crippen molar-refractivity contribution in [1.82, 2.24) is 9.78 Å². The third-order valence-electron chi connectivity index (χ3n) is 2.76. The summed E-state index contributed by atoms with van der Waals surface area (Å²) in [6, 6.07) is 7.28. The Morgan fingerprint density at radius 3 is 2.57 bits per heavy atom. The smallest absolute Gasteiger partial charge is 0.435 e. The SMILES string of the molecule is COc1ccccc1NC(=O)c1cc(C(F)(F)F)nn1C. The van der Waals surface area contributed by atoms with Crippen LogP contribution in [0, 0.1) is 0 Å². The highest BCUT2D eigenvalue weighted by Crippen LogP contribution is 2.29. The van der Waals surface area contributed by atoms with Crippen LogP contribution in [0.5, 0.6) is 5.75 Å². The molecule has 1 amide bonds. The Hall–Kier alpha value is -2.51. The number of methoxy groups -OCH3 is 1. The quantitative estimate of drug-likeness (QED) is 0.948. The average molecular weight is 299 g/mol. The zero-order valence-corrected chi connectivity index (χ0v) is 11.2. The minimum atomic E-state index is -4.60. The third kappa shape index (κ3) is 3.15. The fourth-order valence-corrected chi connectivity index (χ4v) is 1.75. The molecule has 8 heteroatoms. The van der Waals surface area contributed by atoms with E-state index >= 15 is 0 Å². The van der Waals surface area contributed by atoms with Gasteiger partial charge < -0.3 is 10.1 Å². The molecule has 0 spiro atoms. The van der Waals surface area contributed by atoms with Gasteiger partial charge in [0, 0.05) is 13.1 Å². The maximum Gasteiger partial charge on any atom is 0.435 e. The molecule has 1 heterocycles. The lowest BCUT2D eigenvalue weighted by Gasteiger charge is -2.09. The van der Waals surface area contributed by atoms with Gasteiger partial charge in [-0.15, -0.1) is 0 Å². The number of nitrogens with zero attached hydrogens (tertiary/aromatic N) is 2. The highest BCUT2D eigenvalue weighted by Gasteiger charge is 2.35. The fourth-order valence-electron chi connectivity index (χ4n) is 1.75. The van der Waals surface area contributed by atoms with E-state index in [-0.39, 0.29) is 5.69 Å². The predicted molar refractivity (Wildman–Crippen MR) is 69.2 cm³/mol. The number of hydrogen-bond donors (Lipinski definition) is 1. The van der Waals surface area contributed by atoms with Crippen molar-refractivity contribution in [1.29, 1.82) is 0 Å². The largest absolute Gasteiger partial charge is 0.495 e. The maximum absolute atomic E-state index is 12.6. The number of carbonyl (C=O) groups excluding carboxylic acids is 1. The summed E-state index contributed by atoms with van der Waals surface area (Å²) < 4.78 is 43.6. The third-order valence-corrected chi connectivity index (χ3v) is 2.76. The molecular weight excluding hydrogens is 287 g/mol. The van der Waals surface area contributed by atoms with E-state index in [0.717, 1.165) is 4.68 Å². The molecule has 0 unspecified atom stereocenters. The van der Waals surface area contributed by atoms with E-state index in [4.69, 9.17) is 4.74 Å². The number of anilines is 1. The average Bonchev–Trinajstić information content (AvgIpc) is 2.81. The second-order valence-corrected chi connectivity index (χ2v) is 4.19. The van der Waals surface area contributed by atoms with Gasteiger partial charge in [-0.25, -0.2) is 0 Å². The van der Waals surface area contributed by atoms with Gasteiger partial charge in [0.05, 0.1) is 12.8 Å². The summed E-state index contributed by atoms with van der Waals surface area (Å²) in [5.74, 6) is -0.297. The van der Waals surface area contributed by atoms with Crippen LogP contribution in [0.1, 0.15) is 16.2 Å². The molecule has 112 valence electrons. The van der Waals surface area contributed by atoms with Crippen LogP contribution in [0.15, 0.2) is 30.3 Å². The molecule has 0 aliphatic heterocycles. The lowest BCUT2D eigenvalue weighted by molar-refractivity contribution is -0.141. The molecule has 21 heavy (non-hydrogen) atoms. The van der Waals surface area contributed by atoms with Gasteiger partial charge in [0.2, 0.25) is 0 Å². The van der Waals surface area contributed by atoms with Crippen LogP contribution in [0.4, 0.5) is 18.9 Å². The second-order valence-electron chi connectivity index (χ2n) is 4.19. The van der Waals surface area contributed by atoms with Crippen molar-refractivity contribution < 1.29 is 22.7 Å². The van der Waals surface area contributed by atoms with Crippen molar-refractivity contribution in [2.45, 2.75) is 6.18 Å². The van der Waals surface area contributed by atoms with Gasteiger partial charge in [-0.3, -0.25) is 9.48 Å². The number of amides is 1. The minimum Gasteiger partial charge on any atom is -0.495 e. The van der Waals surface area contributed by atoms with Crippen LogP contribution >= 0.6 is 0 Å². The zero-order chi connectivity index (χ0) is 15.6. The molecule has 5 nitrogen and oxygen atoms in total. The Morgan fingerprint density at radius 1 is 1.33 bits per heavy atom. The summed E-state index contributed by atoms with van der Waals surface area (Å²) in [7, 11) is 2.70. The predicted octanol–water partition coefficient (Wildman–Crippen LogP) is 2.70. The Bertz CT molecular complexity index is 665. The minimum absolute atomic E-state index is 0.201. The number of nitrogens with one attached hydrogen (secondary N) is 1. The number of para-hydroxylation sites is 2. The molecular formula is C13H12F3N3O2. The topological polar surface area (TPSA) is 56.1 Å². The molecule has 1 aromatic heterocycles. The van der Waals surface area contributed by atoms with Crippen molar-refractivity contribution in [2.24, 2.45) is 7.05 Å². The van der Waals surface area contributed by atoms with Crippen molar-refractivity contribution in [3.8, 4) is 5.75 Å². The van der Waals surface area contributed by atoms with E-state index in [0.29, 0.717) is 17.5 Å². The molecule has 2 aromatic rings. The molecule has 0 aliphatic carbocycles. The van der Waals surface area contributed by atoms with E-state index in [9.17, 15) is 18.0 Å². The number of rotatable bonds is 3. The summed E-state index contributed by atoms with van der Waals surface area (Å²) in [5, 5.41) is 5.78. The first-order chi connectivity index (χ1) is 9.82. The lowest BCUT2D eigenvalue weighted by Crippen LogP contribution is -2.16. The normalized spacial score (nSPS) is 11.3. The lowest BCUT2D eigenvalue weighted by atomic mass is 10.2. The van der Waals surface area contributed by atoms with Crippen LogP contribution in [-0.4, -0.2) is 22.8 Å². The molecule has 0 aliphatic rings. The van der Waals surface area contributed by atoms with E-state index in [1.165, 1.54) is 14.2 Å². The summed E-state index contributed by atoms with van der Waals surface area (Å²) in [4.78, 5) is 12.0. The number of carbonyl (C=O) groups is 1. The first-order valence-electron chi connectivity index (χ1n) is 5.88. The summed E-state index contributed by atoms with van der Waals surface area (Å²) in [6.07, 6.45) is -4.60. The Kier molecular flexibility index (Phi) is 3.88. The fraction of sp³-hybridized carbons (Fsp3) is 0.231. The van der Waals surface area contributed by atoms with E-state index < -0.39 is 17.8 Å². The number of aryl methyl sites for hydroxylation is 1. The van der Waals surface area contributed by atoms with Crippen LogP contribution < -0.4 is 10.1 Å². The molecule has 0 bridgehead atoms. The van der Waals surface area contributed by atoms with Crippen LogP contribution in [0.3, 0.4) is 0 Å². The van der Waals surface area contributed by atoms with E-state index in [2.05, 4.69) is 10.4 Å². The summed E-state index contributed by atoms with van der Waals surface area (Å²) in [6.45, 7) is 0. The summed E-state index contributed by atoms with van der Waals surface area (Å²) >= 11 is 0. The number of ether oxygens (including phenoxy) is 1. The number of aromatic nitrogens is 2. The standard InChI is InChI=1S/C13H12F3N3O2/c1-19-9(7-11(18-19)13(14,15)16)12(20)17-8-5-3-4-6-10(8)21-2/h3-7H,1-2H3,(H,17,20). The zero-order valence-electron chi connectivity index (χ0n) is 11.2. The van der Waals surface area contributed by atoms with Crippen molar-refractivity contribution in [3.63, 3.8) is 0 Å². The molecule has 0 saturated heterocycles. The van der Waals surface area contributed by atoms with Gasteiger partial charge in [-0.05, 0) is 12.1 Å². The van der Waals surface area contributed by atoms with E-state index in [1.807, 2.05) is 0 Å². The van der Waals surface area contributed by atoms with Crippen molar-refractivity contribution in [3.05, 3.63) is 41.7 Å². The maximum atomic E-state index is 12.6. The molecule has 0 radical (unpaired) electrons. The molecule has 2 rings (SSSR count). The van der Waals surface area contributed by atoms with Gasteiger partial charge in [0.1, 0.15) is 11.4 Å². The number of alkyl halides is 3. The van der Waals surface area contributed by atoms with Crippen molar-refractivity contribution >= 4 is 11.6 Å². The highest BCUT2D eigenvalue weighted by molar-refractivity contribution is 6.03. The molecule has 0 fully saturated rings. The highest BCUT2D eigenvalue weighted by atomic mass is 19.4. The van der Waals surface area contributed by atoms with Gasteiger partial charge in [-0.1, -0.05) is 12.1 Å². The van der Waals surface area contributed by atoms with Gasteiger partial charge in [0.25, 0.3) is 5.91 Å². The van der Waals surface area contributed by atoms with Crippen LogP contribution in [-0.2, 0) is 13.2 Å². The molecule has 1 aromatic carbocycles. The van der Waals surface area contributed by atoms with Gasteiger partial charge in [0.15, 0.2) is 5.69 Å². The number of benzene rings is 1. The molecule has 0 atom stereocenters. The molecule has 0 saturated carbocycles. The van der Waals surface area contributed by atoms with Gasteiger partial charge >= 0.3 is 6.18 Å². The number of halogens is 3. The van der Waals surface area contributed by atoms with Crippen molar-refractivity contribution in [2.75, 3.05) is 12.4 Å². The monoisotopic (exact) mass is 299 g/mol. The van der Waals surface area contributed by atoms with E-state index in [1.54, 1.807) is 24.3 Å². The first-order valence-corrected chi connectivity index (χ1v) is 5.88. The summed E-state index contributed by atoms with van der Waals surface area (Å²) in [5.41, 5.74) is -0.955.